The number of nitrogens with zero attached hydrogens (tertiary/aromatic N) is 4. The first kappa shape index (κ1) is 25.5. The normalized spacial score (nSPS) is 14.6. The van der Waals surface area contributed by atoms with Gasteiger partial charge in [0.15, 0.2) is 5.82 Å². The van der Waals surface area contributed by atoms with E-state index in [1.807, 2.05) is 20.8 Å². The van der Waals surface area contributed by atoms with E-state index in [0.717, 1.165) is 10.2 Å². The smallest absolute Gasteiger partial charge is 0.283 e. The Bertz CT molecular complexity index is 1750. The number of carbonyl (C=O) groups excluding carboxylic acids is 1. The molecule has 1 aliphatic rings. The van der Waals surface area contributed by atoms with Crippen molar-refractivity contribution in [2.45, 2.75) is 51.0 Å². The van der Waals surface area contributed by atoms with E-state index >= 15 is 4.39 Å². The van der Waals surface area contributed by atoms with E-state index in [1.165, 1.54) is 23.0 Å². The molecule has 3 N–H and O–H groups in total. The molecule has 1 saturated carbocycles. The van der Waals surface area contributed by atoms with Gasteiger partial charge in [0.25, 0.3) is 11.1 Å². The van der Waals surface area contributed by atoms with Crippen molar-refractivity contribution in [1.29, 1.82) is 0 Å². The van der Waals surface area contributed by atoms with Gasteiger partial charge in [-0.25, -0.2) is 9.37 Å². The van der Waals surface area contributed by atoms with Crippen molar-refractivity contribution < 1.29 is 14.3 Å². The van der Waals surface area contributed by atoms with Crippen molar-refractivity contribution in [2.75, 3.05) is 0 Å². The zero-order chi connectivity index (χ0) is 27.6. The van der Waals surface area contributed by atoms with Crippen molar-refractivity contribution in [1.82, 2.24) is 19.3 Å². The molecular formula is C28H28FN5O4. The standard InChI is InChI=1S/C28H28FN5O4/c1-27(2,3)17-9-15-12-32-34(25(37)22(15)21(29)11-17)23-19(14-35)18(5-8-31-23)16-10-20(24(36)33(4)13-16)28(6-7-28)26(30)38/h5,8-13,35H,6-7,14H2,1-4H3,(H2,30,38). The van der Waals surface area contributed by atoms with E-state index in [-0.39, 0.29) is 33.3 Å². The third kappa shape index (κ3) is 3.92. The second kappa shape index (κ2) is 8.70. The van der Waals surface area contributed by atoms with Gasteiger partial charge in [0.2, 0.25) is 5.91 Å². The van der Waals surface area contributed by atoms with Gasteiger partial charge >= 0.3 is 0 Å². The van der Waals surface area contributed by atoms with E-state index in [4.69, 9.17) is 5.73 Å². The Labute approximate surface area is 217 Å². The predicted octanol–water partition coefficient (Wildman–Crippen LogP) is 2.59. The largest absolute Gasteiger partial charge is 0.392 e. The summed E-state index contributed by atoms with van der Waals surface area (Å²) in [7, 11) is 1.57. The number of carbonyl (C=O) groups is 1. The van der Waals surface area contributed by atoms with Gasteiger partial charge in [0.1, 0.15) is 5.82 Å². The molecule has 3 aromatic heterocycles. The van der Waals surface area contributed by atoms with Crippen LogP contribution in [-0.4, -0.2) is 30.3 Å². The van der Waals surface area contributed by atoms with Crippen molar-refractivity contribution in [3.8, 4) is 16.9 Å². The Morgan fingerprint density at radius 2 is 1.89 bits per heavy atom. The molecule has 10 heteroatoms. The highest BCUT2D eigenvalue weighted by Gasteiger charge is 2.52. The minimum atomic E-state index is -1.01. The molecule has 0 bridgehead atoms. The molecule has 4 aromatic rings. The van der Waals surface area contributed by atoms with Crippen LogP contribution < -0.4 is 16.9 Å². The van der Waals surface area contributed by atoms with Crippen LogP contribution in [0, 0.1) is 5.82 Å². The lowest BCUT2D eigenvalue weighted by molar-refractivity contribution is -0.120. The highest BCUT2D eigenvalue weighted by atomic mass is 19.1. The molecule has 0 radical (unpaired) electrons. The highest BCUT2D eigenvalue weighted by Crippen LogP contribution is 2.47. The van der Waals surface area contributed by atoms with E-state index in [1.54, 1.807) is 31.4 Å². The van der Waals surface area contributed by atoms with Crippen LogP contribution in [0.25, 0.3) is 27.7 Å². The zero-order valence-corrected chi connectivity index (χ0v) is 21.6. The zero-order valence-electron chi connectivity index (χ0n) is 21.6. The quantitative estimate of drug-likeness (QED) is 0.418. The first-order valence-corrected chi connectivity index (χ1v) is 12.2. The van der Waals surface area contributed by atoms with Crippen molar-refractivity contribution in [3.05, 3.63) is 86.1 Å². The average molecular weight is 518 g/mol. The lowest BCUT2D eigenvalue weighted by Crippen LogP contribution is -2.35. The summed E-state index contributed by atoms with van der Waals surface area (Å²) in [5.74, 6) is -1.20. The Balaban J connectivity index is 1.71. The van der Waals surface area contributed by atoms with Crippen LogP contribution in [-0.2, 0) is 29.3 Å². The number of rotatable bonds is 5. The molecular weight excluding hydrogens is 489 g/mol. The van der Waals surface area contributed by atoms with E-state index in [9.17, 15) is 19.5 Å². The summed E-state index contributed by atoms with van der Waals surface area (Å²) < 4.78 is 17.5. The van der Waals surface area contributed by atoms with Crippen LogP contribution in [0.2, 0.25) is 0 Å². The number of fused-ring (bicyclic) bond motifs is 1. The van der Waals surface area contributed by atoms with Crippen molar-refractivity contribution in [3.63, 3.8) is 0 Å². The molecule has 9 nitrogen and oxygen atoms in total. The topological polar surface area (TPSA) is 133 Å². The fraction of sp³-hybridized carbons (Fsp3) is 0.321. The number of halogens is 1. The van der Waals surface area contributed by atoms with Crippen molar-refractivity contribution >= 4 is 16.7 Å². The number of nitrogens with two attached hydrogens (primary N) is 1. The summed E-state index contributed by atoms with van der Waals surface area (Å²) in [4.78, 5) is 42.8. The number of primary amides is 1. The van der Waals surface area contributed by atoms with Crippen LogP contribution in [0.4, 0.5) is 4.39 Å². The number of hydrogen-bond donors (Lipinski definition) is 2. The SMILES string of the molecule is Cn1cc(-c2ccnc(-n3ncc4cc(C(C)(C)C)cc(F)c4c3=O)c2CO)cc(C2(C(N)=O)CC2)c1=O. The second-order valence-corrected chi connectivity index (χ2v) is 10.9. The van der Waals surface area contributed by atoms with Gasteiger partial charge < -0.3 is 15.4 Å². The van der Waals surface area contributed by atoms with Gasteiger partial charge in [-0.1, -0.05) is 20.8 Å². The second-order valence-electron chi connectivity index (χ2n) is 10.9. The summed E-state index contributed by atoms with van der Waals surface area (Å²) in [5.41, 5.74) is 5.50. The number of benzene rings is 1. The lowest BCUT2D eigenvalue weighted by atomic mass is 9.86. The first-order valence-electron chi connectivity index (χ1n) is 12.2. The number of aryl methyl sites for hydroxylation is 1. The molecule has 38 heavy (non-hydrogen) atoms. The number of hydrogen-bond acceptors (Lipinski definition) is 6. The van der Waals surface area contributed by atoms with E-state index in [0.29, 0.717) is 29.4 Å². The molecule has 1 aliphatic carbocycles. The molecule has 5 rings (SSSR count). The monoisotopic (exact) mass is 517 g/mol. The summed E-state index contributed by atoms with van der Waals surface area (Å²) in [5, 5.41) is 14.8. The van der Waals surface area contributed by atoms with Crippen LogP contribution in [0.5, 0.6) is 0 Å². The van der Waals surface area contributed by atoms with Crippen molar-refractivity contribution in [2.24, 2.45) is 12.8 Å². The van der Waals surface area contributed by atoms with E-state index in [2.05, 4.69) is 10.1 Å². The molecule has 1 fully saturated rings. The van der Waals surface area contributed by atoms with Crippen LogP contribution >= 0.6 is 0 Å². The average Bonchev–Trinajstić information content (AvgIpc) is 3.67. The molecule has 0 aliphatic heterocycles. The minimum Gasteiger partial charge on any atom is -0.392 e. The molecule has 0 atom stereocenters. The van der Waals surface area contributed by atoms with Crippen LogP contribution in [0.15, 0.2) is 52.4 Å². The maximum Gasteiger partial charge on any atom is 0.283 e. The van der Waals surface area contributed by atoms with Gasteiger partial charge in [-0.2, -0.15) is 9.78 Å². The van der Waals surface area contributed by atoms with Crippen LogP contribution in [0.3, 0.4) is 0 Å². The highest BCUT2D eigenvalue weighted by molar-refractivity contribution is 5.90. The molecule has 0 spiro atoms. The number of amides is 1. The summed E-state index contributed by atoms with van der Waals surface area (Å²) >= 11 is 0. The molecule has 196 valence electrons. The van der Waals surface area contributed by atoms with E-state index < -0.39 is 29.3 Å². The lowest BCUT2D eigenvalue weighted by Gasteiger charge is -2.20. The van der Waals surface area contributed by atoms with Gasteiger partial charge in [-0.15, -0.1) is 0 Å². The Kier molecular flexibility index (Phi) is 5.83. The molecule has 3 heterocycles. The minimum absolute atomic E-state index is 0.0302. The third-order valence-corrected chi connectivity index (χ3v) is 7.33. The Hall–Kier alpha value is -4.18. The maximum absolute atomic E-state index is 15.2. The Morgan fingerprint density at radius 3 is 2.50 bits per heavy atom. The molecule has 0 unspecified atom stereocenters. The maximum atomic E-state index is 15.2. The predicted molar refractivity (Wildman–Crippen MR) is 140 cm³/mol. The summed E-state index contributed by atoms with van der Waals surface area (Å²) in [6.45, 7) is 5.33. The number of aromatic nitrogens is 4. The van der Waals surface area contributed by atoms with Gasteiger partial charge in [-0.05, 0) is 59.2 Å². The fourth-order valence-electron chi connectivity index (χ4n) is 4.88. The fourth-order valence-corrected chi connectivity index (χ4v) is 4.88. The number of aliphatic hydroxyl groups is 1. The Morgan fingerprint density at radius 1 is 1.18 bits per heavy atom. The number of pyridine rings is 2. The summed E-state index contributed by atoms with van der Waals surface area (Å²) in [6, 6.07) is 6.32. The van der Waals surface area contributed by atoms with Gasteiger partial charge in [0.05, 0.1) is 23.6 Å². The first-order chi connectivity index (χ1) is 17.9. The van der Waals surface area contributed by atoms with Gasteiger partial charge in [0, 0.05) is 36.0 Å². The third-order valence-electron chi connectivity index (χ3n) is 7.33. The van der Waals surface area contributed by atoms with Crippen LogP contribution in [0.1, 0.15) is 50.3 Å². The molecule has 1 amide bonds. The molecule has 0 saturated heterocycles. The summed E-state index contributed by atoms with van der Waals surface area (Å²) in [6.07, 6.45) is 5.37. The number of aliphatic hydroxyl groups excluding tert-OH is 1. The molecule has 1 aromatic carbocycles. The van der Waals surface area contributed by atoms with Gasteiger partial charge in [-0.3, -0.25) is 14.4 Å².